The van der Waals surface area contributed by atoms with E-state index in [0.717, 1.165) is 30.1 Å². The van der Waals surface area contributed by atoms with Crippen LogP contribution in [0.5, 0.6) is 0 Å². The van der Waals surface area contributed by atoms with E-state index in [0.29, 0.717) is 5.56 Å². The number of urea groups is 1. The average molecular weight is 352 g/mol. The van der Waals surface area contributed by atoms with Gasteiger partial charge in [-0.2, -0.15) is 0 Å². The van der Waals surface area contributed by atoms with Crippen molar-refractivity contribution in [1.82, 2.24) is 5.32 Å². The van der Waals surface area contributed by atoms with E-state index in [2.05, 4.69) is 0 Å². The summed E-state index contributed by atoms with van der Waals surface area (Å²) in [5, 5.41) is 1.88. The normalized spacial score (nSPS) is 18.0. The van der Waals surface area contributed by atoms with Gasteiger partial charge in [0.15, 0.2) is 6.10 Å². The van der Waals surface area contributed by atoms with Gasteiger partial charge in [0.05, 0.1) is 11.7 Å². The van der Waals surface area contributed by atoms with Gasteiger partial charge in [0, 0.05) is 17.3 Å². The van der Waals surface area contributed by atoms with Crippen LogP contribution in [0.15, 0.2) is 29.2 Å². The van der Waals surface area contributed by atoms with Crippen LogP contribution in [-0.2, 0) is 14.3 Å². The van der Waals surface area contributed by atoms with E-state index in [1.807, 2.05) is 17.4 Å². The monoisotopic (exact) mass is 352 g/mol. The number of hydrogen-bond acceptors (Lipinski definition) is 6. The van der Waals surface area contributed by atoms with Crippen LogP contribution in [0.25, 0.3) is 0 Å². The Morgan fingerprint density at radius 1 is 1.42 bits per heavy atom. The summed E-state index contributed by atoms with van der Waals surface area (Å²) in [5.74, 6) is -0.639. The number of primary amides is 1. The first kappa shape index (κ1) is 18.3. The molecule has 130 valence electrons. The average Bonchev–Trinajstić information content (AvgIpc) is 3.05. The van der Waals surface area contributed by atoms with Crippen LogP contribution in [0.4, 0.5) is 4.79 Å². The van der Waals surface area contributed by atoms with Crippen molar-refractivity contribution in [2.75, 3.05) is 12.4 Å². The number of nitrogens with one attached hydrogen (secondary N) is 1. The smallest absolute Gasteiger partial charge is 0.340 e. The highest BCUT2D eigenvalue weighted by atomic mass is 32.2. The lowest BCUT2D eigenvalue weighted by atomic mass is 10.2. The number of imide groups is 1. The lowest BCUT2D eigenvalue weighted by Crippen LogP contribution is -2.42. The van der Waals surface area contributed by atoms with Crippen LogP contribution >= 0.6 is 11.8 Å². The van der Waals surface area contributed by atoms with Gasteiger partial charge in [-0.1, -0.05) is 12.1 Å². The van der Waals surface area contributed by atoms with Gasteiger partial charge in [0.2, 0.25) is 0 Å². The Morgan fingerprint density at radius 2 is 2.17 bits per heavy atom. The summed E-state index contributed by atoms with van der Waals surface area (Å²) in [7, 11) is 0. The van der Waals surface area contributed by atoms with E-state index in [1.165, 1.54) is 18.7 Å². The lowest BCUT2D eigenvalue weighted by molar-refractivity contribution is -0.127. The number of ether oxygens (including phenoxy) is 2. The van der Waals surface area contributed by atoms with Crippen molar-refractivity contribution in [2.45, 2.75) is 36.9 Å². The van der Waals surface area contributed by atoms with Crippen molar-refractivity contribution < 1.29 is 23.9 Å². The third-order valence-electron chi connectivity index (χ3n) is 3.46. The first-order valence-corrected chi connectivity index (χ1v) is 8.60. The Kier molecular flexibility index (Phi) is 6.62. The topological polar surface area (TPSA) is 108 Å². The number of rotatable bonds is 6. The summed E-state index contributed by atoms with van der Waals surface area (Å²) >= 11 is 1.52. The molecule has 0 aromatic heterocycles. The summed E-state index contributed by atoms with van der Waals surface area (Å²) in [6, 6.07) is 6.03. The summed E-state index contributed by atoms with van der Waals surface area (Å²) in [5.41, 5.74) is 5.24. The number of hydrogen-bond donors (Lipinski definition) is 2. The van der Waals surface area contributed by atoms with Gasteiger partial charge in [0.1, 0.15) is 0 Å². The second-order valence-corrected chi connectivity index (χ2v) is 6.41. The van der Waals surface area contributed by atoms with Gasteiger partial charge in [-0.25, -0.2) is 9.59 Å². The molecule has 3 N–H and O–H groups in total. The Labute approximate surface area is 144 Å². The molecule has 2 rings (SSSR count). The van der Waals surface area contributed by atoms with Crippen molar-refractivity contribution in [3.05, 3.63) is 29.8 Å². The van der Waals surface area contributed by atoms with Crippen LogP contribution < -0.4 is 11.1 Å². The molecular weight excluding hydrogens is 332 g/mol. The zero-order valence-electron chi connectivity index (χ0n) is 13.3. The number of thioether (sulfide) groups is 1. The van der Waals surface area contributed by atoms with Gasteiger partial charge in [-0.3, -0.25) is 10.1 Å². The lowest BCUT2D eigenvalue weighted by Gasteiger charge is -2.14. The van der Waals surface area contributed by atoms with Crippen LogP contribution in [0, 0.1) is 0 Å². The molecule has 0 radical (unpaired) electrons. The maximum absolute atomic E-state index is 12.3. The van der Waals surface area contributed by atoms with Crippen molar-refractivity contribution in [2.24, 2.45) is 5.73 Å². The highest BCUT2D eigenvalue weighted by molar-refractivity contribution is 7.99. The second-order valence-electron chi connectivity index (χ2n) is 5.34. The van der Waals surface area contributed by atoms with Gasteiger partial charge in [0.25, 0.3) is 5.91 Å². The molecule has 0 spiro atoms. The second kappa shape index (κ2) is 8.70. The van der Waals surface area contributed by atoms with Gasteiger partial charge >= 0.3 is 12.0 Å². The Balaban J connectivity index is 1.98. The molecule has 1 aliphatic rings. The molecule has 0 aliphatic carbocycles. The van der Waals surface area contributed by atoms with Crippen LogP contribution in [0.3, 0.4) is 0 Å². The molecule has 1 aromatic rings. The van der Waals surface area contributed by atoms with E-state index in [-0.39, 0.29) is 6.10 Å². The van der Waals surface area contributed by atoms with Crippen molar-refractivity contribution in [3.8, 4) is 0 Å². The fourth-order valence-electron chi connectivity index (χ4n) is 2.22. The Hall–Kier alpha value is -2.06. The number of nitrogens with two attached hydrogens (primary N) is 1. The van der Waals surface area contributed by atoms with Gasteiger partial charge in [-0.05, 0) is 31.9 Å². The molecule has 7 nitrogen and oxygen atoms in total. The zero-order valence-corrected chi connectivity index (χ0v) is 14.1. The zero-order chi connectivity index (χ0) is 17.5. The van der Waals surface area contributed by atoms with Crippen molar-refractivity contribution in [3.63, 3.8) is 0 Å². The largest absolute Gasteiger partial charge is 0.449 e. The van der Waals surface area contributed by atoms with Crippen LogP contribution in [0.2, 0.25) is 0 Å². The third-order valence-corrected chi connectivity index (χ3v) is 4.66. The quantitative estimate of drug-likeness (QED) is 0.596. The molecular formula is C16H20N2O5S. The molecule has 1 aliphatic heterocycles. The first-order chi connectivity index (χ1) is 11.5. The fraction of sp³-hybridized carbons (Fsp3) is 0.438. The number of amides is 3. The van der Waals surface area contributed by atoms with E-state index >= 15 is 0 Å². The predicted octanol–water partition coefficient (Wildman–Crippen LogP) is 1.70. The highest BCUT2D eigenvalue weighted by Gasteiger charge is 2.22. The molecule has 1 heterocycles. The van der Waals surface area contributed by atoms with E-state index in [9.17, 15) is 14.4 Å². The summed E-state index contributed by atoms with van der Waals surface area (Å²) in [6.45, 7) is 2.15. The molecule has 1 saturated heterocycles. The predicted molar refractivity (Wildman–Crippen MR) is 88.7 cm³/mol. The Morgan fingerprint density at radius 3 is 2.83 bits per heavy atom. The van der Waals surface area contributed by atoms with Crippen LogP contribution in [-0.4, -0.2) is 42.5 Å². The fourth-order valence-corrected chi connectivity index (χ4v) is 3.33. The minimum Gasteiger partial charge on any atom is -0.449 e. The molecule has 1 fully saturated rings. The van der Waals surface area contributed by atoms with E-state index in [4.69, 9.17) is 15.2 Å². The molecule has 8 heteroatoms. The highest BCUT2D eigenvalue weighted by Crippen LogP contribution is 2.27. The maximum Gasteiger partial charge on any atom is 0.340 e. The first-order valence-electron chi connectivity index (χ1n) is 7.62. The van der Waals surface area contributed by atoms with E-state index < -0.39 is 24.0 Å². The summed E-state index contributed by atoms with van der Waals surface area (Å²) < 4.78 is 10.7. The maximum atomic E-state index is 12.3. The van der Waals surface area contributed by atoms with Gasteiger partial charge in [-0.15, -0.1) is 11.8 Å². The summed E-state index contributed by atoms with van der Waals surface area (Å²) in [4.78, 5) is 35.3. The number of carbonyl (C=O) groups is 3. The number of esters is 1. The number of benzene rings is 1. The minimum absolute atomic E-state index is 0.194. The number of carbonyl (C=O) groups excluding carboxylic acids is 3. The van der Waals surface area contributed by atoms with Crippen molar-refractivity contribution in [1.29, 1.82) is 0 Å². The molecule has 3 amide bonds. The molecule has 24 heavy (non-hydrogen) atoms. The Bertz CT molecular complexity index is 616. The van der Waals surface area contributed by atoms with E-state index in [1.54, 1.807) is 12.1 Å². The third kappa shape index (κ3) is 5.24. The molecule has 1 aromatic carbocycles. The van der Waals surface area contributed by atoms with Crippen molar-refractivity contribution >= 4 is 29.7 Å². The standard InChI is InChI=1S/C16H20N2O5S/c1-10(14(19)18-16(17)21)23-15(20)12-6-2-3-7-13(12)24-9-11-5-4-8-22-11/h2-3,6-7,10-11H,4-5,8-9H2,1H3,(H3,17,18,19,21)/t10-,11-/m0/s1. The molecule has 2 atom stereocenters. The minimum atomic E-state index is -1.12. The van der Waals surface area contributed by atoms with Gasteiger partial charge < -0.3 is 15.2 Å². The summed E-state index contributed by atoms with van der Waals surface area (Å²) in [6.07, 6.45) is 1.14. The van der Waals surface area contributed by atoms with Crippen LogP contribution in [0.1, 0.15) is 30.1 Å². The molecule has 0 unspecified atom stereocenters. The SMILES string of the molecule is C[C@H](OC(=O)c1ccccc1SC[C@@H]1CCCO1)C(=O)NC(N)=O. The molecule has 0 bridgehead atoms. The molecule has 0 saturated carbocycles.